The summed E-state index contributed by atoms with van der Waals surface area (Å²) in [6.45, 7) is 0. The van der Waals surface area contributed by atoms with Crippen molar-refractivity contribution < 1.29 is 32.6 Å². The van der Waals surface area contributed by atoms with Gasteiger partial charge < -0.3 is 10.2 Å². The largest absolute Gasteiger partial charge is 0.481 e. The van der Waals surface area contributed by atoms with Gasteiger partial charge in [0.15, 0.2) is 0 Å². The van der Waals surface area contributed by atoms with E-state index in [1.165, 1.54) is 12.1 Å². The van der Waals surface area contributed by atoms with Crippen LogP contribution in [-0.2, 0) is 25.4 Å². The standard InChI is InChI=1S/C11H12FNO6S/c12-8-3-1-7(2-4-8)6-20(18,19)13-9(11(16)17)5-10(14)15/h1-4,9,13H,5-6H2,(H,14,15)(H,16,17)/t9-/m1/s1. The zero-order chi connectivity index (χ0) is 15.3. The molecule has 1 aromatic carbocycles. The summed E-state index contributed by atoms with van der Waals surface area (Å²) in [4.78, 5) is 21.2. The number of benzene rings is 1. The normalized spacial score (nSPS) is 12.8. The molecule has 1 aromatic rings. The molecule has 7 nitrogen and oxygen atoms in total. The molecule has 20 heavy (non-hydrogen) atoms. The number of rotatable bonds is 7. The van der Waals surface area contributed by atoms with Crippen LogP contribution in [0.15, 0.2) is 24.3 Å². The van der Waals surface area contributed by atoms with Gasteiger partial charge in [-0.1, -0.05) is 12.1 Å². The maximum absolute atomic E-state index is 12.7. The molecule has 0 fully saturated rings. The maximum Gasteiger partial charge on any atom is 0.322 e. The number of aliphatic carboxylic acids is 2. The van der Waals surface area contributed by atoms with Gasteiger partial charge in [-0.25, -0.2) is 17.5 Å². The molecule has 0 aliphatic rings. The van der Waals surface area contributed by atoms with Crippen LogP contribution < -0.4 is 4.72 Å². The summed E-state index contributed by atoms with van der Waals surface area (Å²) in [5.74, 6) is -4.14. The highest BCUT2D eigenvalue weighted by molar-refractivity contribution is 7.88. The predicted molar refractivity (Wildman–Crippen MR) is 65.8 cm³/mol. The molecule has 0 aliphatic carbocycles. The van der Waals surface area contributed by atoms with Gasteiger partial charge in [-0.05, 0) is 17.7 Å². The quantitative estimate of drug-likeness (QED) is 0.660. The van der Waals surface area contributed by atoms with E-state index in [1.807, 2.05) is 0 Å². The van der Waals surface area contributed by atoms with Gasteiger partial charge in [0.2, 0.25) is 10.0 Å². The van der Waals surface area contributed by atoms with Crippen molar-refractivity contribution in [3.05, 3.63) is 35.6 Å². The molecule has 0 aromatic heterocycles. The molecule has 0 spiro atoms. The van der Waals surface area contributed by atoms with Gasteiger partial charge in [-0.15, -0.1) is 0 Å². The van der Waals surface area contributed by atoms with E-state index in [0.29, 0.717) is 0 Å². The van der Waals surface area contributed by atoms with E-state index in [1.54, 1.807) is 4.72 Å². The SMILES string of the molecule is O=C(O)C[C@@H](NS(=O)(=O)Cc1ccc(F)cc1)C(=O)O. The third-order valence-electron chi connectivity index (χ3n) is 2.27. The summed E-state index contributed by atoms with van der Waals surface area (Å²) >= 11 is 0. The minimum Gasteiger partial charge on any atom is -0.481 e. The third-order valence-corrected chi connectivity index (χ3v) is 3.63. The number of carboxylic acid groups (broad SMARTS) is 2. The van der Waals surface area contributed by atoms with Crippen molar-refractivity contribution in [1.29, 1.82) is 0 Å². The Morgan fingerprint density at radius 1 is 1.20 bits per heavy atom. The molecule has 0 unspecified atom stereocenters. The van der Waals surface area contributed by atoms with Crippen molar-refractivity contribution >= 4 is 22.0 Å². The molecule has 0 saturated carbocycles. The molecule has 0 heterocycles. The van der Waals surface area contributed by atoms with Gasteiger partial charge in [0.05, 0.1) is 12.2 Å². The molecule has 1 rings (SSSR count). The molecular weight excluding hydrogens is 293 g/mol. The first kappa shape index (κ1) is 16.1. The number of nitrogens with one attached hydrogen (secondary N) is 1. The van der Waals surface area contributed by atoms with E-state index in [0.717, 1.165) is 12.1 Å². The van der Waals surface area contributed by atoms with Crippen molar-refractivity contribution in [2.45, 2.75) is 18.2 Å². The summed E-state index contributed by atoms with van der Waals surface area (Å²) in [5, 5.41) is 17.3. The van der Waals surface area contributed by atoms with Gasteiger partial charge in [0.1, 0.15) is 11.9 Å². The zero-order valence-corrected chi connectivity index (χ0v) is 10.9. The summed E-state index contributed by atoms with van der Waals surface area (Å²) in [5.41, 5.74) is 0.248. The molecule has 110 valence electrons. The Labute approximate surface area is 114 Å². The molecular formula is C11H12FNO6S. The summed E-state index contributed by atoms with van der Waals surface area (Å²) < 4.78 is 37.9. The molecule has 3 N–H and O–H groups in total. The van der Waals surface area contributed by atoms with Crippen LogP contribution in [0.4, 0.5) is 4.39 Å². The monoisotopic (exact) mass is 305 g/mol. The van der Waals surface area contributed by atoms with E-state index in [9.17, 15) is 22.4 Å². The zero-order valence-electron chi connectivity index (χ0n) is 10.1. The summed E-state index contributed by atoms with van der Waals surface area (Å²) in [7, 11) is -4.05. The average Bonchev–Trinajstić information content (AvgIpc) is 2.30. The molecule has 0 amide bonds. The lowest BCUT2D eigenvalue weighted by molar-refractivity contribution is -0.145. The summed E-state index contributed by atoms with van der Waals surface area (Å²) in [6, 6.07) is 2.86. The Hall–Kier alpha value is -2.00. The second-order valence-electron chi connectivity index (χ2n) is 3.99. The van der Waals surface area contributed by atoms with E-state index < -0.39 is 46.0 Å². The first-order valence-electron chi connectivity index (χ1n) is 5.38. The van der Waals surface area contributed by atoms with Crippen LogP contribution in [-0.4, -0.2) is 36.6 Å². The molecule has 9 heteroatoms. The molecule has 0 radical (unpaired) electrons. The van der Waals surface area contributed by atoms with Crippen LogP contribution in [0, 0.1) is 5.82 Å². The highest BCUT2D eigenvalue weighted by Gasteiger charge is 2.26. The second kappa shape index (κ2) is 6.44. The predicted octanol–water partition coefficient (Wildman–Crippen LogP) is 0.173. The maximum atomic E-state index is 12.7. The van der Waals surface area contributed by atoms with Crippen molar-refractivity contribution in [2.24, 2.45) is 0 Å². The number of halogens is 1. The molecule has 1 atom stereocenters. The van der Waals surface area contributed by atoms with E-state index >= 15 is 0 Å². The van der Waals surface area contributed by atoms with Crippen molar-refractivity contribution in [1.82, 2.24) is 4.72 Å². The smallest absolute Gasteiger partial charge is 0.322 e. The Kier molecular flexibility index (Phi) is 5.17. The van der Waals surface area contributed by atoms with Crippen LogP contribution in [0.1, 0.15) is 12.0 Å². The number of carboxylic acids is 2. The molecule has 0 aliphatic heterocycles. The fraction of sp³-hybridized carbons (Fsp3) is 0.273. The average molecular weight is 305 g/mol. The Balaban J connectivity index is 2.79. The highest BCUT2D eigenvalue weighted by Crippen LogP contribution is 2.08. The fourth-order valence-electron chi connectivity index (χ4n) is 1.41. The number of hydrogen-bond acceptors (Lipinski definition) is 4. The van der Waals surface area contributed by atoms with Crippen molar-refractivity contribution in [2.75, 3.05) is 0 Å². The Morgan fingerprint density at radius 3 is 2.20 bits per heavy atom. The number of sulfonamides is 1. The number of hydrogen-bond donors (Lipinski definition) is 3. The lowest BCUT2D eigenvalue weighted by Crippen LogP contribution is -2.42. The van der Waals surface area contributed by atoms with Crippen LogP contribution >= 0.6 is 0 Å². The first-order valence-corrected chi connectivity index (χ1v) is 7.04. The molecule has 0 saturated heterocycles. The van der Waals surface area contributed by atoms with Gasteiger partial charge in [-0.3, -0.25) is 9.59 Å². The van der Waals surface area contributed by atoms with Crippen LogP contribution in [0.3, 0.4) is 0 Å². The van der Waals surface area contributed by atoms with Gasteiger partial charge in [-0.2, -0.15) is 0 Å². The van der Waals surface area contributed by atoms with Crippen LogP contribution in [0.25, 0.3) is 0 Å². The minimum atomic E-state index is -4.05. The van der Waals surface area contributed by atoms with E-state index in [2.05, 4.69) is 0 Å². The summed E-state index contributed by atoms with van der Waals surface area (Å²) in [6.07, 6.45) is -0.877. The van der Waals surface area contributed by atoms with Crippen molar-refractivity contribution in [3.63, 3.8) is 0 Å². The topological polar surface area (TPSA) is 121 Å². The Morgan fingerprint density at radius 2 is 1.75 bits per heavy atom. The lowest BCUT2D eigenvalue weighted by atomic mass is 10.2. The third kappa shape index (κ3) is 5.33. The van der Waals surface area contributed by atoms with Crippen LogP contribution in [0.5, 0.6) is 0 Å². The second-order valence-corrected chi connectivity index (χ2v) is 5.75. The van der Waals surface area contributed by atoms with Crippen LogP contribution in [0.2, 0.25) is 0 Å². The first-order chi connectivity index (χ1) is 9.19. The fourth-order valence-corrected chi connectivity index (χ4v) is 2.74. The molecule has 0 bridgehead atoms. The van der Waals surface area contributed by atoms with Gasteiger partial charge in [0.25, 0.3) is 0 Å². The highest BCUT2D eigenvalue weighted by atomic mass is 32.2. The van der Waals surface area contributed by atoms with E-state index in [-0.39, 0.29) is 5.56 Å². The van der Waals surface area contributed by atoms with Gasteiger partial charge >= 0.3 is 11.9 Å². The van der Waals surface area contributed by atoms with Gasteiger partial charge in [0, 0.05) is 0 Å². The number of carbonyl (C=O) groups is 2. The van der Waals surface area contributed by atoms with E-state index in [4.69, 9.17) is 10.2 Å². The minimum absolute atomic E-state index is 0.248. The Bertz CT molecular complexity index is 598. The lowest BCUT2D eigenvalue weighted by Gasteiger charge is -2.12. The van der Waals surface area contributed by atoms with Crippen molar-refractivity contribution in [3.8, 4) is 0 Å².